The summed E-state index contributed by atoms with van der Waals surface area (Å²) in [6, 6.07) is 0.352. The van der Waals surface area contributed by atoms with E-state index in [4.69, 9.17) is 0 Å². The summed E-state index contributed by atoms with van der Waals surface area (Å²) in [4.78, 5) is 1.91. The highest BCUT2D eigenvalue weighted by Crippen LogP contribution is 2.13. The van der Waals surface area contributed by atoms with E-state index >= 15 is 0 Å². The quantitative estimate of drug-likeness (QED) is 0.617. The van der Waals surface area contributed by atoms with Gasteiger partial charge in [0, 0.05) is 12.2 Å². The van der Waals surface area contributed by atoms with Crippen LogP contribution in [0.5, 0.6) is 0 Å². The Morgan fingerprint density at radius 3 is 2.64 bits per heavy atom. The van der Waals surface area contributed by atoms with E-state index in [0.29, 0.717) is 6.04 Å². The predicted molar refractivity (Wildman–Crippen MR) is 45.9 cm³/mol. The van der Waals surface area contributed by atoms with Crippen LogP contribution < -0.4 is 0 Å². The highest BCUT2D eigenvalue weighted by molar-refractivity contribution is 5.21. The molecule has 1 aliphatic heterocycles. The maximum Gasteiger partial charge on any atom is 0.146 e. The highest BCUT2D eigenvalue weighted by atomic mass is 16.3. The largest absolute Gasteiger partial charge is 0.370 e. The lowest BCUT2D eigenvalue weighted by molar-refractivity contribution is 0.0559. The summed E-state index contributed by atoms with van der Waals surface area (Å²) in [5.74, 6) is 0. The first-order chi connectivity index (χ1) is 5.11. The fourth-order valence-electron chi connectivity index (χ4n) is 1.15. The van der Waals surface area contributed by atoms with Gasteiger partial charge in [-0.15, -0.1) is 0 Å². The molecular formula is C9H15NO. The Bertz CT molecular complexity index is 194. The van der Waals surface area contributed by atoms with Gasteiger partial charge in [0.25, 0.3) is 0 Å². The molecule has 0 aromatic carbocycles. The van der Waals surface area contributed by atoms with E-state index in [-0.39, 0.29) is 0 Å². The molecule has 0 aliphatic carbocycles. The summed E-state index contributed by atoms with van der Waals surface area (Å²) in [6.45, 7) is 6.10. The molecule has 1 aliphatic rings. The number of rotatable bonds is 1. The summed E-state index contributed by atoms with van der Waals surface area (Å²) in [6.07, 6.45) is 5.34. The van der Waals surface area contributed by atoms with Crippen LogP contribution in [-0.2, 0) is 0 Å². The van der Waals surface area contributed by atoms with Gasteiger partial charge in [-0.1, -0.05) is 0 Å². The number of nitrogens with zero attached hydrogens (tertiary/aromatic N) is 1. The molecule has 1 rings (SSSR count). The molecule has 0 saturated heterocycles. The number of hydrogen-bond donors (Lipinski definition) is 1. The fraction of sp³-hybridized carbons (Fsp3) is 0.556. The Kier molecular flexibility index (Phi) is 2.35. The van der Waals surface area contributed by atoms with E-state index < -0.39 is 6.23 Å². The van der Waals surface area contributed by atoms with Gasteiger partial charge in [0.15, 0.2) is 0 Å². The second-order valence-electron chi connectivity index (χ2n) is 3.18. The van der Waals surface area contributed by atoms with Crippen molar-refractivity contribution >= 4 is 0 Å². The summed E-state index contributed by atoms with van der Waals surface area (Å²) < 4.78 is 0. The van der Waals surface area contributed by atoms with E-state index in [2.05, 4.69) is 13.8 Å². The molecule has 2 nitrogen and oxygen atoms in total. The van der Waals surface area contributed by atoms with Crippen molar-refractivity contribution in [3.05, 3.63) is 23.9 Å². The average molecular weight is 153 g/mol. The average Bonchev–Trinajstić information content (AvgIpc) is 1.85. The summed E-state index contributed by atoms with van der Waals surface area (Å²) in [5.41, 5.74) is 1.12. The van der Waals surface area contributed by atoms with Crippen LogP contribution in [0.15, 0.2) is 23.9 Å². The van der Waals surface area contributed by atoms with Crippen LogP contribution >= 0.6 is 0 Å². The maximum atomic E-state index is 9.51. The second-order valence-corrected chi connectivity index (χ2v) is 3.18. The summed E-state index contributed by atoms with van der Waals surface area (Å²) >= 11 is 0. The van der Waals surface area contributed by atoms with Gasteiger partial charge in [0.1, 0.15) is 6.23 Å². The van der Waals surface area contributed by atoms with Gasteiger partial charge in [-0.25, -0.2) is 0 Å². The molecule has 2 heteroatoms. The van der Waals surface area contributed by atoms with Gasteiger partial charge in [0.2, 0.25) is 0 Å². The first-order valence-corrected chi connectivity index (χ1v) is 3.93. The van der Waals surface area contributed by atoms with Gasteiger partial charge in [0.05, 0.1) is 0 Å². The second kappa shape index (κ2) is 3.09. The minimum atomic E-state index is -0.444. The Labute approximate surface area is 67.8 Å². The third-order valence-electron chi connectivity index (χ3n) is 1.82. The molecule has 0 bridgehead atoms. The van der Waals surface area contributed by atoms with Gasteiger partial charge in [-0.05, 0) is 38.5 Å². The molecule has 62 valence electrons. The lowest BCUT2D eigenvalue weighted by atomic mass is 10.2. The summed E-state index contributed by atoms with van der Waals surface area (Å²) in [5, 5.41) is 9.51. The molecular weight excluding hydrogens is 138 g/mol. The third-order valence-corrected chi connectivity index (χ3v) is 1.82. The molecule has 0 fully saturated rings. The van der Waals surface area contributed by atoms with Gasteiger partial charge in [-0.3, -0.25) is 0 Å². The lowest BCUT2D eigenvalue weighted by Crippen LogP contribution is -2.36. The topological polar surface area (TPSA) is 23.5 Å². The Morgan fingerprint density at radius 1 is 1.55 bits per heavy atom. The first kappa shape index (κ1) is 8.34. The minimum absolute atomic E-state index is 0.352. The van der Waals surface area contributed by atoms with Gasteiger partial charge < -0.3 is 10.0 Å². The Morgan fingerprint density at radius 2 is 2.18 bits per heavy atom. The fourth-order valence-corrected chi connectivity index (χ4v) is 1.15. The van der Waals surface area contributed by atoms with Crippen molar-refractivity contribution in [3.8, 4) is 0 Å². The van der Waals surface area contributed by atoms with Gasteiger partial charge >= 0.3 is 0 Å². The lowest BCUT2D eigenvalue weighted by Gasteiger charge is -2.31. The van der Waals surface area contributed by atoms with E-state index in [0.717, 1.165) is 5.57 Å². The SMILES string of the molecule is CC1=CC(O)N(C(C)C)C=C1. The Balaban J connectivity index is 2.69. The predicted octanol–water partition coefficient (Wildman–Crippen LogP) is 1.49. The van der Waals surface area contributed by atoms with Crippen LogP contribution in [0.3, 0.4) is 0 Å². The zero-order valence-electron chi connectivity index (χ0n) is 7.28. The van der Waals surface area contributed by atoms with Crippen molar-refractivity contribution in [2.24, 2.45) is 0 Å². The number of allylic oxidation sites excluding steroid dienone is 2. The molecule has 0 aromatic heterocycles. The van der Waals surface area contributed by atoms with Crippen LogP contribution in [0.25, 0.3) is 0 Å². The van der Waals surface area contributed by atoms with E-state index in [1.165, 1.54) is 0 Å². The Hall–Kier alpha value is -0.760. The molecule has 0 radical (unpaired) electrons. The van der Waals surface area contributed by atoms with E-state index in [1.807, 2.05) is 30.2 Å². The van der Waals surface area contributed by atoms with E-state index in [1.54, 1.807) is 0 Å². The highest BCUT2D eigenvalue weighted by Gasteiger charge is 2.14. The number of aliphatic hydroxyl groups is 1. The van der Waals surface area contributed by atoms with Crippen LogP contribution in [0.4, 0.5) is 0 Å². The molecule has 1 atom stereocenters. The van der Waals surface area contributed by atoms with Crippen LogP contribution in [0.2, 0.25) is 0 Å². The third kappa shape index (κ3) is 1.84. The van der Waals surface area contributed by atoms with Crippen molar-refractivity contribution in [1.29, 1.82) is 0 Å². The monoisotopic (exact) mass is 153 g/mol. The molecule has 1 N–H and O–H groups in total. The first-order valence-electron chi connectivity index (χ1n) is 3.93. The smallest absolute Gasteiger partial charge is 0.146 e. The minimum Gasteiger partial charge on any atom is -0.370 e. The molecule has 11 heavy (non-hydrogen) atoms. The van der Waals surface area contributed by atoms with Crippen LogP contribution in [0, 0.1) is 0 Å². The molecule has 1 heterocycles. The number of hydrogen-bond acceptors (Lipinski definition) is 2. The van der Waals surface area contributed by atoms with Gasteiger partial charge in [-0.2, -0.15) is 0 Å². The van der Waals surface area contributed by atoms with Crippen molar-refractivity contribution in [2.45, 2.75) is 33.0 Å². The van der Waals surface area contributed by atoms with Crippen molar-refractivity contribution < 1.29 is 5.11 Å². The molecule has 0 saturated carbocycles. The zero-order chi connectivity index (χ0) is 8.43. The van der Waals surface area contributed by atoms with Crippen LogP contribution in [0.1, 0.15) is 20.8 Å². The standard InChI is InChI=1S/C9H15NO/c1-7(2)10-5-4-8(3)6-9(10)11/h4-7,9,11H,1-3H3. The summed E-state index contributed by atoms with van der Waals surface area (Å²) in [7, 11) is 0. The van der Waals surface area contributed by atoms with Crippen LogP contribution in [-0.4, -0.2) is 22.3 Å². The number of aliphatic hydroxyl groups excluding tert-OH is 1. The maximum absolute atomic E-state index is 9.51. The van der Waals surface area contributed by atoms with Crippen molar-refractivity contribution in [3.63, 3.8) is 0 Å². The molecule has 0 spiro atoms. The van der Waals surface area contributed by atoms with E-state index in [9.17, 15) is 5.11 Å². The normalized spacial score (nSPS) is 24.3. The zero-order valence-corrected chi connectivity index (χ0v) is 7.28. The molecule has 0 amide bonds. The molecule has 0 aromatic rings. The van der Waals surface area contributed by atoms with Crippen molar-refractivity contribution in [1.82, 2.24) is 4.90 Å². The van der Waals surface area contributed by atoms with Crippen molar-refractivity contribution in [2.75, 3.05) is 0 Å². The molecule has 1 unspecified atom stereocenters.